The molecular formula is C20H24ClN3O2. The van der Waals surface area contributed by atoms with Crippen LogP contribution in [-0.2, 0) is 16.0 Å². The van der Waals surface area contributed by atoms with Gasteiger partial charge >= 0.3 is 0 Å². The Morgan fingerprint density at radius 2 is 1.54 bits per heavy atom. The van der Waals surface area contributed by atoms with Gasteiger partial charge in [-0.2, -0.15) is 0 Å². The van der Waals surface area contributed by atoms with Crippen molar-refractivity contribution in [3.05, 3.63) is 59.1 Å². The first-order valence-corrected chi connectivity index (χ1v) is 8.81. The minimum atomic E-state index is -0.189. The standard InChI is InChI=1S/C20H24ClN3O2/c1-15(25)24(19-10-8-18(9-11-19)23(2)3)14-20(26)22-13-12-16-4-6-17(21)7-5-16/h4-11H,12-14H2,1-3H3,(H,22,26). The highest BCUT2D eigenvalue weighted by atomic mass is 35.5. The lowest BCUT2D eigenvalue weighted by molar-refractivity contribution is -0.123. The summed E-state index contributed by atoms with van der Waals surface area (Å²) in [5.74, 6) is -0.360. The fraction of sp³-hybridized carbons (Fsp3) is 0.300. The Balaban J connectivity index is 1.91. The number of carbonyl (C=O) groups is 2. The van der Waals surface area contributed by atoms with Crippen molar-refractivity contribution in [1.82, 2.24) is 5.32 Å². The molecule has 0 saturated heterocycles. The molecule has 0 saturated carbocycles. The highest BCUT2D eigenvalue weighted by molar-refractivity contribution is 6.30. The average molecular weight is 374 g/mol. The van der Waals surface area contributed by atoms with Gasteiger partial charge in [-0.15, -0.1) is 0 Å². The summed E-state index contributed by atoms with van der Waals surface area (Å²) >= 11 is 5.86. The SMILES string of the molecule is CC(=O)N(CC(=O)NCCc1ccc(Cl)cc1)c1ccc(N(C)C)cc1. The smallest absolute Gasteiger partial charge is 0.240 e. The van der Waals surface area contributed by atoms with E-state index in [2.05, 4.69) is 5.32 Å². The molecule has 2 aromatic carbocycles. The maximum Gasteiger partial charge on any atom is 0.240 e. The molecule has 0 radical (unpaired) electrons. The van der Waals surface area contributed by atoms with Gasteiger partial charge in [-0.05, 0) is 48.4 Å². The van der Waals surface area contributed by atoms with Crippen LogP contribution in [0.25, 0.3) is 0 Å². The van der Waals surface area contributed by atoms with Crippen molar-refractivity contribution in [2.75, 3.05) is 37.0 Å². The van der Waals surface area contributed by atoms with Crippen LogP contribution in [-0.4, -0.2) is 39.0 Å². The molecule has 138 valence electrons. The highest BCUT2D eigenvalue weighted by Gasteiger charge is 2.15. The number of nitrogens with zero attached hydrogens (tertiary/aromatic N) is 2. The van der Waals surface area contributed by atoms with Gasteiger partial charge < -0.3 is 15.1 Å². The van der Waals surface area contributed by atoms with E-state index in [1.165, 1.54) is 11.8 Å². The quantitative estimate of drug-likeness (QED) is 0.811. The maximum absolute atomic E-state index is 12.2. The zero-order valence-corrected chi connectivity index (χ0v) is 16.1. The molecule has 0 heterocycles. The van der Waals surface area contributed by atoms with Crippen LogP contribution in [0.2, 0.25) is 5.02 Å². The second kappa shape index (κ2) is 9.25. The topological polar surface area (TPSA) is 52.7 Å². The van der Waals surface area contributed by atoms with Crippen molar-refractivity contribution in [2.45, 2.75) is 13.3 Å². The molecular weight excluding hydrogens is 350 g/mol. The molecule has 1 N–H and O–H groups in total. The molecule has 5 nitrogen and oxygen atoms in total. The molecule has 0 aliphatic heterocycles. The number of halogens is 1. The van der Waals surface area contributed by atoms with Gasteiger partial charge in [0.25, 0.3) is 0 Å². The van der Waals surface area contributed by atoms with Crippen LogP contribution in [0.5, 0.6) is 0 Å². The number of amides is 2. The number of nitrogens with one attached hydrogen (secondary N) is 1. The lowest BCUT2D eigenvalue weighted by Crippen LogP contribution is -2.40. The molecule has 6 heteroatoms. The molecule has 26 heavy (non-hydrogen) atoms. The van der Waals surface area contributed by atoms with Crippen molar-refractivity contribution in [1.29, 1.82) is 0 Å². The summed E-state index contributed by atoms with van der Waals surface area (Å²) in [5, 5.41) is 3.55. The third kappa shape index (κ3) is 5.77. The Labute approximate surface area is 159 Å². The zero-order valence-electron chi connectivity index (χ0n) is 15.3. The molecule has 2 aromatic rings. The Kier molecular flexibility index (Phi) is 7.04. The van der Waals surface area contributed by atoms with Crippen molar-refractivity contribution in [3.8, 4) is 0 Å². The molecule has 0 aliphatic rings. The molecule has 0 unspecified atom stereocenters. The lowest BCUT2D eigenvalue weighted by Gasteiger charge is -2.22. The molecule has 0 atom stereocenters. The van der Waals surface area contributed by atoms with Gasteiger partial charge in [0.2, 0.25) is 11.8 Å². The van der Waals surface area contributed by atoms with Crippen LogP contribution in [0.1, 0.15) is 12.5 Å². The zero-order chi connectivity index (χ0) is 19.1. The van der Waals surface area contributed by atoms with E-state index in [1.807, 2.05) is 67.5 Å². The monoisotopic (exact) mass is 373 g/mol. The van der Waals surface area contributed by atoms with Crippen LogP contribution in [0.4, 0.5) is 11.4 Å². The summed E-state index contributed by atoms with van der Waals surface area (Å²) in [5.41, 5.74) is 2.83. The molecule has 0 bridgehead atoms. The second-order valence-corrected chi connectivity index (χ2v) is 6.68. The largest absolute Gasteiger partial charge is 0.378 e. The van der Waals surface area contributed by atoms with Gasteiger partial charge in [-0.25, -0.2) is 0 Å². The summed E-state index contributed by atoms with van der Waals surface area (Å²) in [6.45, 7) is 1.96. The number of benzene rings is 2. The fourth-order valence-corrected chi connectivity index (χ4v) is 2.64. The molecule has 0 spiro atoms. The summed E-state index contributed by atoms with van der Waals surface area (Å²) in [7, 11) is 3.90. The van der Waals surface area contributed by atoms with Crippen LogP contribution >= 0.6 is 11.6 Å². The number of hydrogen-bond acceptors (Lipinski definition) is 3. The van der Waals surface area contributed by atoms with E-state index >= 15 is 0 Å². The predicted octanol–water partition coefficient (Wildman–Crippen LogP) is 3.12. The Morgan fingerprint density at radius 3 is 2.08 bits per heavy atom. The van der Waals surface area contributed by atoms with Crippen molar-refractivity contribution in [2.24, 2.45) is 0 Å². The maximum atomic E-state index is 12.2. The van der Waals surface area contributed by atoms with E-state index in [0.717, 1.165) is 11.3 Å². The van der Waals surface area contributed by atoms with Crippen LogP contribution in [0.3, 0.4) is 0 Å². The Hall–Kier alpha value is -2.53. The van der Waals surface area contributed by atoms with Crippen LogP contribution < -0.4 is 15.1 Å². The van der Waals surface area contributed by atoms with Crippen molar-refractivity contribution < 1.29 is 9.59 Å². The minimum absolute atomic E-state index is 0.00272. The van der Waals surface area contributed by atoms with Crippen LogP contribution in [0.15, 0.2) is 48.5 Å². The Morgan fingerprint density at radius 1 is 0.962 bits per heavy atom. The molecule has 0 aromatic heterocycles. The normalized spacial score (nSPS) is 10.3. The van der Waals surface area contributed by atoms with Crippen molar-refractivity contribution >= 4 is 34.8 Å². The fourth-order valence-electron chi connectivity index (χ4n) is 2.51. The second-order valence-electron chi connectivity index (χ2n) is 6.24. The first-order valence-electron chi connectivity index (χ1n) is 8.43. The summed E-state index contributed by atoms with van der Waals surface area (Å²) in [6.07, 6.45) is 0.709. The third-order valence-corrected chi connectivity index (χ3v) is 4.26. The molecule has 2 rings (SSSR count). The molecule has 0 fully saturated rings. The van der Waals surface area contributed by atoms with E-state index in [4.69, 9.17) is 11.6 Å². The molecule has 2 amide bonds. The lowest BCUT2D eigenvalue weighted by atomic mass is 10.1. The van der Waals surface area contributed by atoms with Gasteiger partial charge in [-0.1, -0.05) is 23.7 Å². The number of carbonyl (C=O) groups excluding carboxylic acids is 2. The summed E-state index contributed by atoms with van der Waals surface area (Å²) in [6, 6.07) is 15.1. The van der Waals surface area contributed by atoms with E-state index < -0.39 is 0 Å². The number of anilines is 2. The van der Waals surface area contributed by atoms with Gasteiger partial charge in [0.05, 0.1) is 0 Å². The average Bonchev–Trinajstić information content (AvgIpc) is 2.61. The van der Waals surface area contributed by atoms with Gasteiger partial charge in [0, 0.05) is 44.0 Å². The van der Waals surface area contributed by atoms with Gasteiger partial charge in [0.15, 0.2) is 0 Å². The number of rotatable bonds is 7. The summed E-state index contributed by atoms with van der Waals surface area (Å²) in [4.78, 5) is 27.6. The van der Waals surface area contributed by atoms with Crippen LogP contribution in [0, 0.1) is 0 Å². The first kappa shape index (κ1) is 19.8. The predicted molar refractivity (Wildman–Crippen MR) is 107 cm³/mol. The van der Waals surface area contributed by atoms with E-state index in [9.17, 15) is 9.59 Å². The van der Waals surface area contributed by atoms with E-state index in [1.54, 1.807) is 0 Å². The third-order valence-electron chi connectivity index (χ3n) is 4.01. The minimum Gasteiger partial charge on any atom is -0.378 e. The summed E-state index contributed by atoms with van der Waals surface area (Å²) < 4.78 is 0. The van der Waals surface area contributed by atoms with Gasteiger partial charge in [0.1, 0.15) is 6.54 Å². The van der Waals surface area contributed by atoms with E-state index in [-0.39, 0.29) is 18.4 Å². The number of hydrogen-bond donors (Lipinski definition) is 1. The Bertz CT molecular complexity index is 743. The van der Waals surface area contributed by atoms with E-state index in [0.29, 0.717) is 23.7 Å². The highest BCUT2D eigenvalue weighted by Crippen LogP contribution is 2.19. The molecule has 0 aliphatic carbocycles. The van der Waals surface area contributed by atoms with Gasteiger partial charge in [-0.3, -0.25) is 9.59 Å². The van der Waals surface area contributed by atoms with Crippen molar-refractivity contribution in [3.63, 3.8) is 0 Å². The first-order chi connectivity index (χ1) is 12.4.